The van der Waals surface area contributed by atoms with Crippen molar-refractivity contribution in [3.63, 3.8) is 0 Å². The molecule has 0 spiro atoms. The predicted molar refractivity (Wildman–Crippen MR) is 100 cm³/mol. The fourth-order valence-corrected chi connectivity index (χ4v) is 2.64. The van der Waals surface area contributed by atoms with Gasteiger partial charge in [0.05, 0.1) is 32.4 Å². The molecular formula is C19H30FN3O3. The third-order valence-corrected chi connectivity index (χ3v) is 4.04. The SMILES string of the molecule is CCNC(=NCCOCC1CCCO1)N(C)CCOc1ccccc1F. The molecule has 0 aromatic heterocycles. The second-order valence-corrected chi connectivity index (χ2v) is 6.15. The number of rotatable bonds is 10. The van der Waals surface area contributed by atoms with Crippen molar-refractivity contribution in [3.8, 4) is 5.75 Å². The van der Waals surface area contributed by atoms with Crippen LogP contribution in [0, 0.1) is 5.82 Å². The normalized spacial score (nSPS) is 17.3. The van der Waals surface area contributed by atoms with Crippen LogP contribution in [0.3, 0.4) is 0 Å². The highest BCUT2D eigenvalue weighted by Gasteiger charge is 2.15. The largest absolute Gasteiger partial charge is 0.489 e. The summed E-state index contributed by atoms with van der Waals surface area (Å²) in [6, 6.07) is 6.41. The summed E-state index contributed by atoms with van der Waals surface area (Å²) in [5.41, 5.74) is 0. The molecule has 7 heteroatoms. The first-order chi connectivity index (χ1) is 12.7. The third kappa shape index (κ3) is 7.17. The molecular weight excluding hydrogens is 337 g/mol. The summed E-state index contributed by atoms with van der Waals surface area (Å²) >= 11 is 0. The molecule has 0 amide bonds. The van der Waals surface area contributed by atoms with E-state index in [1.165, 1.54) is 6.07 Å². The highest BCUT2D eigenvalue weighted by Crippen LogP contribution is 2.15. The van der Waals surface area contributed by atoms with Gasteiger partial charge in [0.2, 0.25) is 0 Å². The van der Waals surface area contributed by atoms with Gasteiger partial charge in [-0.2, -0.15) is 0 Å². The molecule has 1 aromatic carbocycles. The van der Waals surface area contributed by atoms with Gasteiger partial charge in [-0.1, -0.05) is 12.1 Å². The van der Waals surface area contributed by atoms with Crippen molar-refractivity contribution in [2.24, 2.45) is 4.99 Å². The highest BCUT2D eigenvalue weighted by molar-refractivity contribution is 5.79. The van der Waals surface area contributed by atoms with Crippen LogP contribution in [-0.2, 0) is 9.47 Å². The summed E-state index contributed by atoms with van der Waals surface area (Å²) in [5.74, 6) is 0.704. The van der Waals surface area contributed by atoms with Gasteiger partial charge < -0.3 is 24.4 Å². The lowest BCUT2D eigenvalue weighted by molar-refractivity contribution is 0.0199. The average Bonchev–Trinajstić information content (AvgIpc) is 3.15. The number of nitrogens with one attached hydrogen (secondary N) is 1. The quantitative estimate of drug-likeness (QED) is 0.391. The summed E-state index contributed by atoms with van der Waals surface area (Å²) in [4.78, 5) is 6.52. The second kappa shape index (κ2) is 11.7. The minimum Gasteiger partial charge on any atom is -0.489 e. The first-order valence-electron chi connectivity index (χ1n) is 9.26. The lowest BCUT2D eigenvalue weighted by Crippen LogP contribution is -2.41. The second-order valence-electron chi connectivity index (χ2n) is 6.15. The van der Waals surface area contributed by atoms with Crippen LogP contribution in [0.1, 0.15) is 19.8 Å². The fourth-order valence-electron chi connectivity index (χ4n) is 2.64. The Morgan fingerprint density at radius 3 is 2.96 bits per heavy atom. The molecule has 26 heavy (non-hydrogen) atoms. The Hall–Kier alpha value is -1.86. The van der Waals surface area contributed by atoms with Crippen LogP contribution in [-0.4, -0.2) is 70.1 Å². The Bertz CT molecular complexity index is 551. The zero-order valence-corrected chi connectivity index (χ0v) is 15.7. The molecule has 0 aliphatic carbocycles. The molecule has 1 heterocycles. The van der Waals surface area contributed by atoms with Crippen molar-refractivity contribution in [2.75, 3.05) is 53.1 Å². The standard InChI is InChI=1S/C19H30FN3O3/c1-3-21-19(22-10-13-24-15-16-7-6-12-25-16)23(2)11-14-26-18-9-5-4-8-17(18)20/h4-5,8-9,16H,3,6-7,10-15H2,1-2H3,(H,21,22). The van der Waals surface area contributed by atoms with Crippen molar-refractivity contribution in [3.05, 3.63) is 30.1 Å². The minimum absolute atomic E-state index is 0.241. The van der Waals surface area contributed by atoms with Crippen molar-refractivity contribution >= 4 is 5.96 Å². The van der Waals surface area contributed by atoms with Crippen molar-refractivity contribution in [1.82, 2.24) is 10.2 Å². The van der Waals surface area contributed by atoms with E-state index >= 15 is 0 Å². The number of hydrogen-bond donors (Lipinski definition) is 1. The van der Waals surface area contributed by atoms with Crippen LogP contribution in [0.5, 0.6) is 5.75 Å². The summed E-state index contributed by atoms with van der Waals surface area (Å²) in [6.07, 6.45) is 2.44. The molecule has 2 rings (SSSR count). The molecule has 146 valence electrons. The summed E-state index contributed by atoms with van der Waals surface area (Å²) in [6.45, 7) is 6.38. The number of hydrogen-bond acceptors (Lipinski definition) is 4. The maximum Gasteiger partial charge on any atom is 0.193 e. The molecule has 1 aromatic rings. The Kier molecular flexibility index (Phi) is 9.20. The van der Waals surface area contributed by atoms with E-state index in [9.17, 15) is 4.39 Å². The molecule has 1 N–H and O–H groups in total. The van der Waals surface area contributed by atoms with Crippen molar-refractivity contribution in [2.45, 2.75) is 25.9 Å². The van der Waals surface area contributed by atoms with E-state index in [1.54, 1.807) is 18.2 Å². The molecule has 0 radical (unpaired) electrons. The molecule has 1 saturated heterocycles. The van der Waals surface area contributed by atoms with Gasteiger partial charge in [0.25, 0.3) is 0 Å². The molecule has 0 bridgehead atoms. The predicted octanol–water partition coefficient (Wildman–Crippen LogP) is 2.30. The molecule has 6 nitrogen and oxygen atoms in total. The monoisotopic (exact) mass is 367 g/mol. The third-order valence-electron chi connectivity index (χ3n) is 4.04. The molecule has 1 aliphatic heterocycles. The van der Waals surface area contributed by atoms with Crippen molar-refractivity contribution in [1.29, 1.82) is 0 Å². The maximum atomic E-state index is 13.5. The molecule has 1 atom stereocenters. The lowest BCUT2D eigenvalue weighted by atomic mass is 10.2. The zero-order chi connectivity index (χ0) is 18.6. The van der Waals surface area contributed by atoms with Crippen LogP contribution >= 0.6 is 0 Å². The summed E-state index contributed by atoms with van der Waals surface area (Å²) in [7, 11) is 1.93. The zero-order valence-electron chi connectivity index (χ0n) is 15.7. The summed E-state index contributed by atoms with van der Waals surface area (Å²) < 4.78 is 30.2. The number of ether oxygens (including phenoxy) is 3. The number of nitrogens with zero attached hydrogens (tertiary/aromatic N) is 2. The number of likely N-dealkylation sites (N-methyl/N-ethyl adjacent to an activating group) is 1. The minimum atomic E-state index is -0.348. The van der Waals surface area contributed by atoms with Gasteiger partial charge >= 0.3 is 0 Å². The van der Waals surface area contributed by atoms with E-state index in [1.807, 2.05) is 18.9 Å². The lowest BCUT2D eigenvalue weighted by Gasteiger charge is -2.22. The molecule has 1 fully saturated rings. The fraction of sp³-hybridized carbons (Fsp3) is 0.632. The van der Waals surface area contributed by atoms with Gasteiger partial charge in [-0.3, -0.25) is 4.99 Å². The Morgan fingerprint density at radius 1 is 1.38 bits per heavy atom. The number of halogens is 1. The van der Waals surface area contributed by atoms with Crippen LogP contribution in [0.4, 0.5) is 4.39 Å². The smallest absolute Gasteiger partial charge is 0.193 e. The van der Waals surface area contributed by atoms with Crippen LogP contribution in [0.25, 0.3) is 0 Å². The van der Waals surface area contributed by atoms with E-state index in [-0.39, 0.29) is 17.7 Å². The number of para-hydroxylation sites is 1. The van der Waals surface area contributed by atoms with Crippen molar-refractivity contribution < 1.29 is 18.6 Å². The topological polar surface area (TPSA) is 55.3 Å². The first-order valence-corrected chi connectivity index (χ1v) is 9.26. The molecule has 0 saturated carbocycles. The van der Waals surface area contributed by atoms with Crippen LogP contribution < -0.4 is 10.1 Å². The Labute approximate surface area is 155 Å². The number of benzene rings is 1. The van der Waals surface area contributed by atoms with Gasteiger partial charge in [-0.05, 0) is 31.9 Å². The van der Waals surface area contributed by atoms with Gasteiger partial charge in [0, 0.05) is 20.2 Å². The van der Waals surface area contributed by atoms with Gasteiger partial charge in [0.1, 0.15) is 6.61 Å². The van der Waals surface area contributed by atoms with Gasteiger partial charge in [-0.25, -0.2) is 4.39 Å². The van der Waals surface area contributed by atoms with Gasteiger partial charge in [-0.15, -0.1) is 0 Å². The molecule has 1 aliphatic rings. The maximum absolute atomic E-state index is 13.5. The van der Waals surface area contributed by atoms with Crippen LogP contribution in [0.2, 0.25) is 0 Å². The first kappa shape index (κ1) is 20.5. The highest BCUT2D eigenvalue weighted by atomic mass is 19.1. The summed E-state index contributed by atoms with van der Waals surface area (Å²) in [5, 5.41) is 3.24. The Morgan fingerprint density at radius 2 is 2.23 bits per heavy atom. The van der Waals surface area contributed by atoms with Crippen LogP contribution in [0.15, 0.2) is 29.3 Å². The van der Waals surface area contributed by atoms with E-state index in [0.29, 0.717) is 32.9 Å². The number of aliphatic imine (C=N–C) groups is 1. The molecule has 1 unspecified atom stereocenters. The van der Waals surface area contributed by atoms with E-state index in [4.69, 9.17) is 14.2 Å². The van der Waals surface area contributed by atoms with E-state index in [2.05, 4.69) is 10.3 Å². The Balaban J connectivity index is 1.69. The van der Waals surface area contributed by atoms with Gasteiger partial charge in [0.15, 0.2) is 17.5 Å². The van der Waals surface area contributed by atoms with E-state index in [0.717, 1.165) is 32.0 Å². The average molecular weight is 367 g/mol. The van der Waals surface area contributed by atoms with E-state index < -0.39 is 0 Å². The number of guanidine groups is 1.